The number of nitrogens with zero attached hydrogens (tertiary/aromatic N) is 3. The third kappa shape index (κ3) is 7.30. The van der Waals surface area contributed by atoms with Crippen molar-refractivity contribution in [1.29, 1.82) is 0 Å². The number of phenolic OH excluding ortho intramolecular Hbond substituents is 1. The van der Waals surface area contributed by atoms with E-state index in [0.717, 1.165) is 10.6 Å². The Balaban J connectivity index is 1.66. The van der Waals surface area contributed by atoms with Crippen molar-refractivity contribution in [3.63, 3.8) is 0 Å². The number of methoxy groups -OCH3 is 1. The van der Waals surface area contributed by atoms with Crippen molar-refractivity contribution in [1.82, 2.24) is 9.88 Å². The van der Waals surface area contributed by atoms with E-state index in [1.54, 1.807) is 11.1 Å². The summed E-state index contributed by atoms with van der Waals surface area (Å²) in [5, 5.41) is 17.4. The molecule has 0 aliphatic carbocycles. The van der Waals surface area contributed by atoms with Crippen LogP contribution in [0.3, 0.4) is 0 Å². The van der Waals surface area contributed by atoms with E-state index in [0.29, 0.717) is 18.7 Å². The number of benzene rings is 1. The summed E-state index contributed by atoms with van der Waals surface area (Å²) in [4.78, 5) is 36.3. The van der Waals surface area contributed by atoms with E-state index in [2.05, 4.69) is 22.0 Å². The average molecular weight is 519 g/mol. The van der Waals surface area contributed by atoms with Gasteiger partial charge in [0.15, 0.2) is 11.5 Å². The van der Waals surface area contributed by atoms with Crippen molar-refractivity contribution < 1.29 is 29.0 Å². The number of ether oxygens (including phenoxy) is 2. The topological polar surface area (TPSA) is 123 Å². The number of anilines is 1. The van der Waals surface area contributed by atoms with E-state index in [4.69, 9.17) is 14.3 Å². The predicted molar refractivity (Wildman–Crippen MR) is 136 cm³/mol. The second-order valence-corrected chi connectivity index (χ2v) is 9.73. The Morgan fingerprint density at radius 3 is 2.91 bits per heavy atom. The zero-order valence-electron chi connectivity index (χ0n) is 19.3. The lowest BCUT2D eigenvalue weighted by atomic mass is 10.1. The second-order valence-electron chi connectivity index (χ2n) is 7.30. The van der Waals surface area contributed by atoms with Crippen molar-refractivity contribution in [3.05, 3.63) is 54.2 Å². The second kappa shape index (κ2) is 12.9. The maximum atomic E-state index is 13.4. The molecule has 0 radical (unpaired) electrons. The summed E-state index contributed by atoms with van der Waals surface area (Å²) in [5.74, 6) is -0.00230. The van der Waals surface area contributed by atoms with E-state index < -0.39 is 12.0 Å². The SMILES string of the molecule is C=C1CC(/C=N/OC)N(C(=O)c2cc(OC)c(O)cc2NC(=O)OCCSSc2ccccn2)C1. The number of hydrogen-bond acceptors (Lipinski definition) is 10. The van der Waals surface area contributed by atoms with Crippen molar-refractivity contribution in [3.8, 4) is 11.5 Å². The highest BCUT2D eigenvalue weighted by Gasteiger charge is 2.32. The molecule has 1 aromatic carbocycles. The molecule has 35 heavy (non-hydrogen) atoms. The van der Waals surface area contributed by atoms with E-state index in [1.807, 2.05) is 18.2 Å². The number of aromatic nitrogens is 1. The van der Waals surface area contributed by atoms with Crippen LogP contribution in [-0.4, -0.2) is 72.4 Å². The first-order valence-electron chi connectivity index (χ1n) is 10.5. The van der Waals surface area contributed by atoms with Gasteiger partial charge in [0.25, 0.3) is 5.91 Å². The van der Waals surface area contributed by atoms with Crippen LogP contribution in [0.25, 0.3) is 0 Å². The Bertz CT molecular complexity index is 1080. The number of carbonyl (C=O) groups excluding carboxylic acids is 2. The molecule has 1 atom stereocenters. The van der Waals surface area contributed by atoms with Crippen LogP contribution in [0.1, 0.15) is 16.8 Å². The molecule has 2 N–H and O–H groups in total. The number of hydrogen-bond donors (Lipinski definition) is 2. The highest BCUT2D eigenvalue weighted by molar-refractivity contribution is 8.76. The number of phenols is 1. The number of oxime groups is 1. The van der Waals surface area contributed by atoms with Gasteiger partial charge in [0.1, 0.15) is 18.7 Å². The molecule has 12 heteroatoms. The molecule has 1 aromatic heterocycles. The summed E-state index contributed by atoms with van der Waals surface area (Å²) in [5.41, 5.74) is 1.07. The summed E-state index contributed by atoms with van der Waals surface area (Å²) < 4.78 is 10.4. The van der Waals surface area contributed by atoms with Gasteiger partial charge in [-0.05, 0) is 35.4 Å². The van der Waals surface area contributed by atoms with Crippen molar-refractivity contribution >= 4 is 45.5 Å². The van der Waals surface area contributed by atoms with E-state index in [-0.39, 0.29) is 35.4 Å². The van der Waals surface area contributed by atoms with Gasteiger partial charge in [-0.15, -0.1) is 0 Å². The van der Waals surface area contributed by atoms with Crippen LogP contribution in [-0.2, 0) is 9.57 Å². The molecule has 2 aromatic rings. The van der Waals surface area contributed by atoms with Gasteiger partial charge >= 0.3 is 6.09 Å². The number of rotatable bonds is 10. The number of carbonyl (C=O) groups is 2. The van der Waals surface area contributed by atoms with Crippen LogP contribution in [0.4, 0.5) is 10.5 Å². The lowest BCUT2D eigenvalue weighted by Crippen LogP contribution is -2.37. The molecule has 186 valence electrons. The Morgan fingerprint density at radius 1 is 1.37 bits per heavy atom. The standard InChI is InChI=1S/C23H26N4O6S2/c1-15-10-16(13-25-32-3)27(14-15)22(29)17-11-20(31-2)19(28)12-18(17)26-23(30)33-8-9-34-35-21-6-4-5-7-24-21/h4-7,11-13,16,28H,1,8-10,14H2,2-3H3,(H,26,30)/b25-13+. The smallest absolute Gasteiger partial charge is 0.411 e. The zero-order valence-corrected chi connectivity index (χ0v) is 20.9. The normalized spacial score (nSPS) is 15.3. The predicted octanol–water partition coefficient (Wildman–Crippen LogP) is 4.19. The minimum atomic E-state index is -0.754. The quantitative estimate of drug-likeness (QED) is 0.157. The Morgan fingerprint density at radius 2 is 2.20 bits per heavy atom. The van der Waals surface area contributed by atoms with E-state index in [9.17, 15) is 14.7 Å². The van der Waals surface area contributed by atoms with E-state index in [1.165, 1.54) is 54.2 Å². The zero-order chi connectivity index (χ0) is 25.2. The summed E-state index contributed by atoms with van der Waals surface area (Å²) in [6.07, 6.45) is 3.01. The molecule has 0 bridgehead atoms. The van der Waals surface area contributed by atoms with Crippen LogP contribution in [0, 0.1) is 0 Å². The number of pyridine rings is 1. The fourth-order valence-corrected chi connectivity index (χ4v) is 5.00. The van der Waals surface area contributed by atoms with Gasteiger partial charge in [-0.1, -0.05) is 34.2 Å². The molecule has 2 heterocycles. The Labute approximate surface area is 211 Å². The monoisotopic (exact) mass is 518 g/mol. The van der Waals surface area contributed by atoms with Gasteiger partial charge in [-0.3, -0.25) is 10.1 Å². The highest BCUT2D eigenvalue weighted by atomic mass is 33.1. The molecule has 3 rings (SSSR count). The van der Waals surface area contributed by atoms with Crippen LogP contribution < -0.4 is 10.1 Å². The van der Waals surface area contributed by atoms with Crippen LogP contribution >= 0.6 is 21.6 Å². The molecule has 1 fully saturated rings. The average Bonchev–Trinajstić information content (AvgIpc) is 3.23. The van der Waals surface area contributed by atoms with Gasteiger partial charge in [0.05, 0.1) is 30.6 Å². The molecule has 1 aliphatic heterocycles. The van der Waals surface area contributed by atoms with E-state index >= 15 is 0 Å². The largest absolute Gasteiger partial charge is 0.504 e. The Kier molecular flexibility index (Phi) is 9.67. The first-order valence-corrected chi connectivity index (χ1v) is 12.8. The Hall–Kier alpha value is -3.38. The molecule has 1 unspecified atom stereocenters. The van der Waals surface area contributed by atoms with Crippen molar-refractivity contribution in [2.24, 2.45) is 5.16 Å². The number of nitrogens with one attached hydrogen (secondary N) is 1. The lowest BCUT2D eigenvalue weighted by Gasteiger charge is -2.23. The summed E-state index contributed by atoms with van der Waals surface area (Å²) in [6, 6.07) is 7.89. The lowest BCUT2D eigenvalue weighted by molar-refractivity contribution is 0.0773. The fraction of sp³-hybridized carbons (Fsp3) is 0.304. The van der Waals surface area contributed by atoms with Gasteiger partial charge in [0.2, 0.25) is 0 Å². The molecule has 2 amide bonds. The molecular weight excluding hydrogens is 492 g/mol. The van der Waals surface area contributed by atoms with Crippen LogP contribution in [0.2, 0.25) is 0 Å². The summed E-state index contributed by atoms with van der Waals surface area (Å²) >= 11 is 0. The third-order valence-electron chi connectivity index (χ3n) is 4.86. The van der Waals surface area contributed by atoms with Gasteiger partial charge in [0, 0.05) is 24.6 Å². The third-order valence-corrected chi connectivity index (χ3v) is 7.09. The minimum absolute atomic E-state index is 0.0914. The molecule has 0 saturated carbocycles. The van der Waals surface area contributed by atoms with Crippen LogP contribution in [0.15, 0.2) is 58.9 Å². The molecule has 1 aliphatic rings. The van der Waals surface area contributed by atoms with Gasteiger partial charge in [-0.25, -0.2) is 9.78 Å². The number of amides is 2. The summed E-state index contributed by atoms with van der Waals surface area (Å²) in [7, 11) is 5.76. The highest BCUT2D eigenvalue weighted by Crippen LogP contribution is 2.35. The van der Waals surface area contributed by atoms with Gasteiger partial charge < -0.3 is 24.3 Å². The van der Waals surface area contributed by atoms with Crippen molar-refractivity contribution in [2.75, 3.05) is 38.4 Å². The molecule has 10 nitrogen and oxygen atoms in total. The maximum Gasteiger partial charge on any atom is 0.411 e. The number of aromatic hydroxyl groups is 1. The first-order chi connectivity index (χ1) is 16.9. The fourth-order valence-electron chi connectivity index (χ4n) is 3.30. The maximum absolute atomic E-state index is 13.4. The molecular formula is C23H26N4O6S2. The molecule has 0 spiro atoms. The van der Waals surface area contributed by atoms with Gasteiger partial charge in [-0.2, -0.15) is 0 Å². The minimum Gasteiger partial charge on any atom is -0.504 e. The number of likely N-dealkylation sites (tertiary alicyclic amines) is 1. The molecule has 1 saturated heterocycles. The first kappa shape index (κ1) is 26.2. The van der Waals surface area contributed by atoms with Crippen LogP contribution in [0.5, 0.6) is 11.5 Å². The summed E-state index contributed by atoms with van der Waals surface area (Å²) in [6.45, 7) is 4.43. The van der Waals surface area contributed by atoms with Crippen molar-refractivity contribution in [2.45, 2.75) is 17.5 Å².